The van der Waals surface area contributed by atoms with Crippen LogP contribution in [0, 0.1) is 0 Å². The van der Waals surface area contributed by atoms with Gasteiger partial charge in [0.1, 0.15) is 7.28 Å². The second-order valence-electron chi connectivity index (χ2n) is 5.96. The molecule has 3 heteroatoms. The molecule has 0 spiro atoms. The van der Waals surface area contributed by atoms with Crippen LogP contribution in [0.15, 0.2) is 0 Å². The van der Waals surface area contributed by atoms with E-state index < -0.39 is 0 Å². The molecule has 0 fully saturated rings. The minimum absolute atomic E-state index is 0.0279. The molecular weight excluding hydrogens is 214 g/mol. The van der Waals surface area contributed by atoms with Crippen LogP contribution in [0.3, 0.4) is 0 Å². The first-order valence-electron chi connectivity index (χ1n) is 6.51. The van der Waals surface area contributed by atoms with Crippen molar-refractivity contribution in [3.05, 3.63) is 0 Å². The maximum Gasteiger partial charge on any atom is 0.109 e. The van der Waals surface area contributed by atoms with E-state index >= 15 is 0 Å². The molecule has 1 unspecified atom stereocenters. The average molecular weight is 243 g/mol. The van der Waals surface area contributed by atoms with Crippen LogP contribution in [0.4, 0.5) is 0 Å². The normalized spacial score (nSPS) is 12.9. The van der Waals surface area contributed by atoms with Crippen molar-refractivity contribution in [1.82, 2.24) is 0 Å². The van der Waals surface area contributed by atoms with Gasteiger partial charge < -0.3 is 4.74 Å². The molecule has 16 heavy (non-hydrogen) atoms. The Morgan fingerprint density at radius 2 is 1.69 bits per heavy atom. The van der Waals surface area contributed by atoms with E-state index in [1.165, 1.54) is 19.1 Å². The summed E-state index contributed by atoms with van der Waals surface area (Å²) in [6.07, 6.45) is 5.88. The average Bonchev–Trinajstić information content (AvgIpc) is 2.10. The van der Waals surface area contributed by atoms with E-state index in [1.807, 2.05) is 0 Å². The quantitative estimate of drug-likeness (QED) is 0.335. The Kier molecular flexibility index (Phi) is 7.94. The number of hydrogen-bond acceptors (Lipinski definition) is 1. The summed E-state index contributed by atoms with van der Waals surface area (Å²) >= 11 is 0. The van der Waals surface area contributed by atoms with Crippen molar-refractivity contribution >= 4 is 16.5 Å². The van der Waals surface area contributed by atoms with Gasteiger partial charge in [-0.15, -0.1) is 9.24 Å². The van der Waals surface area contributed by atoms with E-state index in [0.717, 1.165) is 19.4 Å². The van der Waals surface area contributed by atoms with E-state index in [1.54, 1.807) is 0 Å². The van der Waals surface area contributed by atoms with E-state index in [2.05, 4.69) is 51.1 Å². The standard InChI is InChI=1S/C13H29BOP/c1-6-9-14-10-7-12(2,3)15-11-8-13(4,5)16/h6-11,16H2,1-5H3. The molecule has 0 aliphatic rings. The van der Waals surface area contributed by atoms with Gasteiger partial charge in [0, 0.05) is 6.61 Å². The van der Waals surface area contributed by atoms with Gasteiger partial charge in [-0.25, -0.2) is 0 Å². The van der Waals surface area contributed by atoms with Crippen molar-refractivity contribution in [2.75, 3.05) is 6.61 Å². The van der Waals surface area contributed by atoms with Gasteiger partial charge in [-0.1, -0.05) is 39.8 Å². The van der Waals surface area contributed by atoms with Crippen LogP contribution >= 0.6 is 9.24 Å². The highest BCUT2D eigenvalue weighted by Gasteiger charge is 2.19. The molecule has 0 rings (SSSR count). The third-order valence-corrected chi connectivity index (χ3v) is 2.97. The number of rotatable bonds is 9. The van der Waals surface area contributed by atoms with Crippen LogP contribution in [0.5, 0.6) is 0 Å². The molecule has 0 aliphatic carbocycles. The van der Waals surface area contributed by atoms with Crippen molar-refractivity contribution in [3.8, 4) is 0 Å². The minimum atomic E-state index is 0.0279. The summed E-state index contributed by atoms with van der Waals surface area (Å²) in [6.45, 7) is 11.9. The largest absolute Gasteiger partial charge is 0.376 e. The smallest absolute Gasteiger partial charge is 0.109 e. The van der Waals surface area contributed by atoms with Crippen molar-refractivity contribution in [3.63, 3.8) is 0 Å². The maximum atomic E-state index is 5.95. The second kappa shape index (κ2) is 7.72. The van der Waals surface area contributed by atoms with E-state index in [-0.39, 0.29) is 5.60 Å². The van der Waals surface area contributed by atoms with E-state index in [4.69, 9.17) is 4.74 Å². The second-order valence-corrected chi connectivity index (χ2v) is 7.53. The Morgan fingerprint density at radius 3 is 2.19 bits per heavy atom. The minimum Gasteiger partial charge on any atom is -0.376 e. The molecule has 1 atom stereocenters. The van der Waals surface area contributed by atoms with Gasteiger partial charge in [0.15, 0.2) is 0 Å². The summed E-state index contributed by atoms with van der Waals surface area (Å²) < 4.78 is 5.95. The van der Waals surface area contributed by atoms with Crippen LogP contribution in [-0.2, 0) is 4.74 Å². The summed E-state index contributed by atoms with van der Waals surface area (Å²) in [7, 11) is 5.25. The van der Waals surface area contributed by atoms with Crippen LogP contribution in [0.1, 0.15) is 53.9 Å². The zero-order valence-electron chi connectivity index (χ0n) is 11.8. The lowest BCUT2D eigenvalue weighted by atomic mass is 9.67. The van der Waals surface area contributed by atoms with Crippen LogP contribution in [-0.4, -0.2) is 24.6 Å². The first-order valence-corrected chi connectivity index (χ1v) is 7.09. The first-order chi connectivity index (χ1) is 7.27. The lowest BCUT2D eigenvalue weighted by Crippen LogP contribution is -2.27. The Labute approximate surface area is 106 Å². The Morgan fingerprint density at radius 1 is 1.06 bits per heavy atom. The van der Waals surface area contributed by atoms with Gasteiger partial charge in [0.05, 0.1) is 5.60 Å². The molecule has 1 radical (unpaired) electrons. The highest BCUT2D eigenvalue weighted by atomic mass is 31.0. The van der Waals surface area contributed by atoms with Crippen molar-refractivity contribution in [1.29, 1.82) is 0 Å². The molecule has 0 aliphatic heterocycles. The van der Waals surface area contributed by atoms with Crippen LogP contribution in [0.2, 0.25) is 12.6 Å². The van der Waals surface area contributed by atoms with Crippen molar-refractivity contribution in [2.45, 2.75) is 77.3 Å². The Balaban J connectivity index is 3.62. The van der Waals surface area contributed by atoms with Gasteiger partial charge in [0.2, 0.25) is 0 Å². The maximum absolute atomic E-state index is 5.95. The Bertz CT molecular complexity index is 175. The van der Waals surface area contributed by atoms with Gasteiger partial charge in [-0.05, 0) is 31.8 Å². The Hall–Kier alpha value is 0.455. The molecule has 0 aromatic heterocycles. The monoisotopic (exact) mass is 243 g/mol. The third kappa shape index (κ3) is 11.0. The molecule has 0 aromatic rings. The van der Waals surface area contributed by atoms with Gasteiger partial charge in [-0.2, -0.15) is 0 Å². The first kappa shape index (κ1) is 16.5. The summed E-state index contributed by atoms with van der Waals surface area (Å²) in [5, 5.41) is 0.296. The molecule has 0 saturated carbocycles. The zero-order valence-corrected chi connectivity index (χ0v) is 13.0. The van der Waals surface area contributed by atoms with Crippen LogP contribution < -0.4 is 0 Å². The molecular formula is C13H29BOP. The predicted molar refractivity (Wildman–Crippen MR) is 78.7 cm³/mol. The molecule has 0 amide bonds. The zero-order chi connectivity index (χ0) is 12.7. The summed E-state index contributed by atoms with van der Waals surface area (Å²) in [6, 6.07) is 0. The molecule has 0 N–H and O–H groups in total. The third-order valence-electron chi connectivity index (χ3n) is 2.68. The molecule has 0 aromatic carbocycles. The van der Waals surface area contributed by atoms with Crippen molar-refractivity contribution in [2.24, 2.45) is 0 Å². The van der Waals surface area contributed by atoms with E-state index in [0.29, 0.717) is 5.16 Å². The molecule has 0 saturated heterocycles. The lowest BCUT2D eigenvalue weighted by molar-refractivity contribution is -0.0230. The van der Waals surface area contributed by atoms with Crippen molar-refractivity contribution < 1.29 is 4.74 Å². The fourth-order valence-electron chi connectivity index (χ4n) is 1.46. The summed E-state index contributed by atoms with van der Waals surface area (Å²) in [4.78, 5) is 0. The van der Waals surface area contributed by atoms with Crippen LogP contribution in [0.25, 0.3) is 0 Å². The highest BCUT2D eigenvalue weighted by molar-refractivity contribution is 7.18. The van der Waals surface area contributed by atoms with Gasteiger partial charge in [0.25, 0.3) is 0 Å². The molecule has 0 heterocycles. The van der Waals surface area contributed by atoms with Gasteiger partial charge >= 0.3 is 0 Å². The fraction of sp³-hybridized carbons (Fsp3) is 1.00. The molecule has 0 bridgehead atoms. The number of ether oxygens (including phenoxy) is 1. The highest BCUT2D eigenvalue weighted by Crippen LogP contribution is 2.23. The lowest BCUT2D eigenvalue weighted by Gasteiger charge is -2.27. The number of hydrogen-bond donors (Lipinski definition) is 0. The summed E-state index contributed by atoms with van der Waals surface area (Å²) in [5.74, 6) is 0. The fourth-order valence-corrected chi connectivity index (χ4v) is 1.58. The SMILES string of the molecule is CCC[B]CCC(C)(C)OCCC(C)(C)P. The molecule has 95 valence electrons. The summed E-state index contributed by atoms with van der Waals surface area (Å²) in [5.41, 5.74) is 0.0279. The van der Waals surface area contributed by atoms with Gasteiger partial charge in [-0.3, -0.25) is 0 Å². The predicted octanol–water partition coefficient (Wildman–Crippen LogP) is 4.17. The van der Waals surface area contributed by atoms with E-state index in [9.17, 15) is 0 Å². The topological polar surface area (TPSA) is 9.23 Å². The molecule has 1 nitrogen and oxygen atoms in total.